The van der Waals surface area contributed by atoms with E-state index in [0.29, 0.717) is 32.2 Å². The highest BCUT2D eigenvalue weighted by atomic mass is 16.5. The smallest absolute Gasteiger partial charge is 0.407 e. The molecule has 0 radical (unpaired) electrons. The number of hydrogen-bond donors (Lipinski definition) is 2. The summed E-state index contributed by atoms with van der Waals surface area (Å²) >= 11 is 0. The molecule has 1 aliphatic rings. The molecule has 1 unspecified atom stereocenters. The van der Waals surface area contributed by atoms with E-state index in [1.807, 2.05) is 36.2 Å². The number of benzene rings is 1. The second kappa shape index (κ2) is 10.6. The molecule has 1 aliphatic carbocycles. The number of carbonyl (C=O) groups excluding carboxylic acids is 1. The van der Waals surface area contributed by atoms with Crippen molar-refractivity contribution in [1.82, 2.24) is 15.5 Å². The summed E-state index contributed by atoms with van der Waals surface area (Å²) < 4.78 is 10.8. The first kappa shape index (κ1) is 20.9. The van der Waals surface area contributed by atoms with Crippen LogP contribution in [-0.2, 0) is 4.74 Å². The molecule has 0 bridgehead atoms. The number of rotatable bonds is 9. The number of amides is 1. The van der Waals surface area contributed by atoms with E-state index < -0.39 is 0 Å². The van der Waals surface area contributed by atoms with E-state index in [1.54, 1.807) is 14.0 Å². The summed E-state index contributed by atoms with van der Waals surface area (Å²) in [6.45, 7) is 6.13. The zero-order valence-electron chi connectivity index (χ0n) is 16.8. The van der Waals surface area contributed by atoms with Crippen LogP contribution in [0.2, 0.25) is 0 Å². The Morgan fingerprint density at radius 3 is 2.63 bits per heavy atom. The average Bonchev–Trinajstić information content (AvgIpc) is 3.48. The Morgan fingerprint density at radius 2 is 2.04 bits per heavy atom. The van der Waals surface area contributed by atoms with Gasteiger partial charge in [0.05, 0.1) is 19.2 Å². The summed E-state index contributed by atoms with van der Waals surface area (Å²) in [7, 11) is 3.73. The van der Waals surface area contributed by atoms with Crippen molar-refractivity contribution in [3.05, 3.63) is 29.8 Å². The fourth-order valence-electron chi connectivity index (χ4n) is 2.79. The summed E-state index contributed by atoms with van der Waals surface area (Å²) in [6, 6.07) is 8.08. The van der Waals surface area contributed by atoms with Crippen molar-refractivity contribution >= 4 is 12.1 Å². The van der Waals surface area contributed by atoms with Crippen LogP contribution in [0.3, 0.4) is 0 Å². The summed E-state index contributed by atoms with van der Waals surface area (Å²) in [5, 5.41) is 6.29. The third-order valence-corrected chi connectivity index (χ3v) is 4.54. The highest BCUT2D eigenvalue weighted by Gasteiger charge is 2.32. The monoisotopic (exact) mass is 376 g/mol. The summed E-state index contributed by atoms with van der Waals surface area (Å²) in [5.74, 6) is 2.15. The highest BCUT2D eigenvalue weighted by molar-refractivity contribution is 5.79. The Bertz CT molecular complexity index is 614. The summed E-state index contributed by atoms with van der Waals surface area (Å²) in [6.07, 6.45) is 1.92. The van der Waals surface area contributed by atoms with Gasteiger partial charge >= 0.3 is 6.09 Å². The van der Waals surface area contributed by atoms with Crippen molar-refractivity contribution in [2.75, 3.05) is 40.4 Å². The minimum absolute atomic E-state index is 0.0537. The molecule has 1 saturated carbocycles. The topological polar surface area (TPSA) is 75.2 Å². The molecule has 0 heterocycles. The van der Waals surface area contributed by atoms with E-state index in [-0.39, 0.29) is 12.1 Å². The van der Waals surface area contributed by atoms with Crippen LogP contribution in [0.25, 0.3) is 0 Å². The Labute approximate surface area is 162 Å². The molecule has 1 aromatic rings. The van der Waals surface area contributed by atoms with Gasteiger partial charge in [-0.2, -0.15) is 0 Å². The van der Waals surface area contributed by atoms with Gasteiger partial charge in [0.1, 0.15) is 12.4 Å². The number of nitrogens with zero attached hydrogens (tertiary/aromatic N) is 2. The Kier molecular flexibility index (Phi) is 8.23. The van der Waals surface area contributed by atoms with Crippen molar-refractivity contribution in [1.29, 1.82) is 0 Å². The average molecular weight is 377 g/mol. The lowest BCUT2D eigenvalue weighted by atomic mass is 10.2. The number of hydrogen-bond acceptors (Lipinski definition) is 4. The van der Waals surface area contributed by atoms with Crippen molar-refractivity contribution in [3.8, 4) is 5.75 Å². The van der Waals surface area contributed by atoms with Gasteiger partial charge in [0.15, 0.2) is 5.96 Å². The number of guanidine groups is 1. The van der Waals surface area contributed by atoms with Gasteiger partial charge in [0, 0.05) is 20.6 Å². The molecule has 0 aliphatic heterocycles. The first-order valence-electron chi connectivity index (χ1n) is 9.58. The molecule has 0 aromatic heterocycles. The fourth-order valence-corrected chi connectivity index (χ4v) is 2.79. The van der Waals surface area contributed by atoms with E-state index in [0.717, 1.165) is 24.6 Å². The quantitative estimate of drug-likeness (QED) is 0.511. The van der Waals surface area contributed by atoms with E-state index in [9.17, 15) is 4.79 Å². The minimum Gasteiger partial charge on any atom is -0.492 e. The van der Waals surface area contributed by atoms with Gasteiger partial charge in [-0.3, -0.25) is 4.99 Å². The van der Waals surface area contributed by atoms with Crippen molar-refractivity contribution in [3.63, 3.8) is 0 Å². The Morgan fingerprint density at radius 1 is 1.33 bits per heavy atom. The SMILES string of the molecule is CCOC(=O)NC(CNC(=NC)N(C)CCOc1ccc(C)cc1)C1CC1. The molecule has 150 valence electrons. The predicted molar refractivity (Wildman–Crippen MR) is 107 cm³/mol. The maximum absolute atomic E-state index is 11.7. The van der Waals surface area contributed by atoms with Crippen LogP contribution in [0.1, 0.15) is 25.3 Å². The largest absolute Gasteiger partial charge is 0.492 e. The van der Waals surface area contributed by atoms with Crippen molar-refractivity contribution in [2.45, 2.75) is 32.7 Å². The molecule has 2 rings (SSSR count). The standard InChI is InChI=1S/C20H32N4O3/c1-5-26-20(25)23-18(16-8-9-16)14-22-19(21-3)24(4)12-13-27-17-10-6-15(2)7-11-17/h6-7,10-11,16,18H,5,8-9,12-14H2,1-4H3,(H,21,22)(H,23,25). The summed E-state index contributed by atoms with van der Waals surface area (Å²) in [5.41, 5.74) is 1.21. The van der Waals surface area contributed by atoms with Gasteiger partial charge in [-0.25, -0.2) is 4.79 Å². The maximum atomic E-state index is 11.7. The molecule has 1 amide bonds. The molecule has 27 heavy (non-hydrogen) atoms. The number of ether oxygens (including phenoxy) is 2. The molecule has 7 heteroatoms. The van der Waals surface area contributed by atoms with E-state index in [2.05, 4.69) is 22.5 Å². The van der Waals surface area contributed by atoms with Crippen molar-refractivity contribution < 1.29 is 14.3 Å². The minimum atomic E-state index is -0.356. The second-order valence-corrected chi connectivity index (χ2v) is 6.82. The van der Waals surface area contributed by atoms with Gasteiger partial charge in [0.2, 0.25) is 0 Å². The van der Waals surface area contributed by atoms with Gasteiger partial charge in [0.25, 0.3) is 0 Å². The maximum Gasteiger partial charge on any atom is 0.407 e. The van der Waals surface area contributed by atoms with E-state index in [1.165, 1.54) is 5.56 Å². The molecule has 0 spiro atoms. The number of alkyl carbamates (subject to hydrolysis) is 1. The third kappa shape index (κ3) is 7.37. The molecular formula is C20H32N4O3. The van der Waals surface area contributed by atoms with Crippen LogP contribution < -0.4 is 15.4 Å². The lowest BCUT2D eigenvalue weighted by Gasteiger charge is -2.25. The predicted octanol–water partition coefficient (Wildman–Crippen LogP) is 2.41. The van der Waals surface area contributed by atoms with Crippen LogP contribution in [-0.4, -0.2) is 63.4 Å². The van der Waals surface area contributed by atoms with Gasteiger partial charge in [-0.05, 0) is 44.7 Å². The lowest BCUT2D eigenvalue weighted by molar-refractivity contribution is 0.146. The van der Waals surface area contributed by atoms with Gasteiger partial charge in [-0.1, -0.05) is 17.7 Å². The molecule has 1 atom stereocenters. The zero-order valence-corrected chi connectivity index (χ0v) is 16.8. The van der Waals surface area contributed by atoms with Crippen LogP contribution >= 0.6 is 0 Å². The van der Waals surface area contributed by atoms with Crippen molar-refractivity contribution in [2.24, 2.45) is 10.9 Å². The number of carbonyl (C=O) groups is 1. The van der Waals surface area contributed by atoms with E-state index >= 15 is 0 Å². The molecular weight excluding hydrogens is 344 g/mol. The van der Waals surface area contributed by atoms with Gasteiger partial charge in [-0.15, -0.1) is 0 Å². The second-order valence-electron chi connectivity index (χ2n) is 6.82. The highest BCUT2D eigenvalue weighted by Crippen LogP contribution is 2.32. The van der Waals surface area contributed by atoms with Gasteiger partial charge < -0.3 is 25.0 Å². The Balaban J connectivity index is 1.75. The first-order chi connectivity index (χ1) is 13.0. The number of aryl methyl sites for hydroxylation is 1. The zero-order chi connectivity index (χ0) is 19.6. The molecule has 1 fully saturated rings. The normalized spacial score (nSPS) is 15.0. The lowest BCUT2D eigenvalue weighted by Crippen LogP contribution is -2.49. The number of nitrogens with one attached hydrogen (secondary N) is 2. The number of aliphatic imine (C=N–C) groups is 1. The third-order valence-electron chi connectivity index (χ3n) is 4.54. The van der Waals surface area contributed by atoms with Crippen LogP contribution in [0, 0.1) is 12.8 Å². The summed E-state index contributed by atoms with van der Waals surface area (Å²) in [4.78, 5) is 18.1. The van der Waals surface area contributed by atoms with Crippen LogP contribution in [0.15, 0.2) is 29.3 Å². The molecule has 2 N–H and O–H groups in total. The molecule has 0 saturated heterocycles. The van der Waals surface area contributed by atoms with Crippen LogP contribution in [0.4, 0.5) is 4.79 Å². The number of likely N-dealkylation sites (N-methyl/N-ethyl adjacent to an activating group) is 1. The molecule has 1 aromatic carbocycles. The Hall–Kier alpha value is -2.44. The van der Waals surface area contributed by atoms with E-state index in [4.69, 9.17) is 9.47 Å². The fraction of sp³-hybridized carbons (Fsp3) is 0.600. The first-order valence-corrected chi connectivity index (χ1v) is 9.58. The molecule has 7 nitrogen and oxygen atoms in total. The van der Waals surface area contributed by atoms with Crippen LogP contribution in [0.5, 0.6) is 5.75 Å².